The molecule has 5 nitrogen and oxygen atoms in total. The molecule has 1 aliphatic heterocycles. The molecule has 1 aromatic rings. The lowest BCUT2D eigenvalue weighted by molar-refractivity contribution is 0.00308. The Morgan fingerprint density at radius 1 is 1.27 bits per heavy atom. The number of nitrogens with one attached hydrogen (secondary N) is 2. The van der Waals surface area contributed by atoms with Gasteiger partial charge in [-0.15, -0.1) is 0 Å². The van der Waals surface area contributed by atoms with E-state index in [4.69, 9.17) is 10.1 Å². The number of ether oxygens (including phenoxy) is 1. The van der Waals surface area contributed by atoms with Gasteiger partial charge in [-0.25, -0.2) is 0 Å². The molecular weight excluding hydrogens is 326 g/mol. The predicted octanol–water partition coefficient (Wildman–Crippen LogP) is 2.77. The van der Waals surface area contributed by atoms with Gasteiger partial charge in [0.25, 0.3) is 0 Å². The van der Waals surface area contributed by atoms with E-state index in [1.807, 2.05) is 23.1 Å². The molecule has 2 unspecified atom stereocenters. The highest BCUT2D eigenvalue weighted by atomic mass is 16.5. The highest BCUT2D eigenvalue weighted by Gasteiger charge is 2.35. The van der Waals surface area contributed by atoms with Crippen molar-refractivity contribution < 1.29 is 9.84 Å². The van der Waals surface area contributed by atoms with Crippen molar-refractivity contribution in [2.24, 2.45) is 11.8 Å². The quantitative estimate of drug-likeness (QED) is 0.445. The lowest BCUT2D eigenvalue weighted by atomic mass is 9.86. The average Bonchev–Trinajstić information content (AvgIpc) is 3.51. The third-order valence-electron chi connectivity index (χ3n) is 5.50. The summed E-state index contributed by atoms with van der Waals surface area (Å²) in [6.45, 7) is 7.03. The second kappa shape index (κ2) is 9.19. The van der Waals surface area contributed by atoms with Crippen LogP contribution in [0.5, 0.6) is 0 Å². The molecule has 1 saturated carbocycles. The summed E-state index contributed by atoms with van der Waals surface area (Å²) < 4.78 is 5.51. The SMILES string of the molecule is C=C(NCC1CC1)C(O)C(C1CCOCC1)N(C=N)Cc1ccccc1. The number of benzene rings is 1. The average molecular weight is 357 g/mol. The molecule has 5 heteroatoms. The molecule has 142 valence electrons. The van der Waals surface area contributed by atoms with E-state index < -0.39 is 6.10 Å². The Labute approximate surface area is 156 Å². The Morgan fingerprint density at radius 2 is 1.96 bits per heavy atom. The van der Waals surface area contributed by atoms with Crippen LogP contribution < -0.4 is 5.32 Å². The standard InChI is InChI=1S/C21H31N3O2/c1-16(23-13-17-7-8-17)21(25)20(19-9-11-26-12-10-19)24(15-22)14-18-5-3-2-4-6-18/h2-6,15,17,19-23,25H,1,7-14H2. The summed E-state index contributed by atoms with van der Waals surface area (Å²) in [5, 5.41) is 22.4. The Morgan fingerprint density at radius 3 is 2.58 bits per heavy atom. The Balaban J connectivity index is 1.73. The smallest absolute Gasteiger partial charge is 0.113 e. The van der Waals surface area contributed by atoms with Gasteiger partial charge in [-0.2, -0.15) is 0 Å². The zero-order valence-electron chi connectivity index (χ0n) is 15.4. The van der Waals surface area contributed by atoms with E-state index in [0.717, 1.165) is 30.9 Å². The van der Waals surface area contributed by atoms with Crippen molar-refractivity contribution in [1.82, 2.24) is 10.2 Å². The molecule has 1 saturated heterocycles. The van der Waals surface area contributed by atoms with E-state index in [0.29, 0.717) is 25.5 Å². The fraction of sp³-hybridized carbons (Fsp3) is 0.571. The van der Waals surface area contributed by atoms with Gasteiger partial charge in [-0.1, -0.05) is 36.9 Å². The Kier molecular flexibility index (Phi) is 6.69. The molecule has 0 aromatic heterocycles. The summed E-state index contributed by atoms with van der Waals surface area (Å²) in [5.74, 6) is 1.01. The second-order valence-electron chi connectivity index (χ2n) is 7.52. The number of hydrogen-bond acceptors (Lipinski definition) is 4. The van der Waals surface area contributed by atoms with Crippen LogP contribution in [-0.4, -0.2) is 48.2 Å². The van der Waals surface area contributed by atoms with Crippen molar-refractivity contribution in [2.75, 3.05) is 19.8 Å². The minimum atomic E-state index is -0.706. The summed E-state index contributed by atoms with van der Waals surface area (Å²) >= 11 is 0. The van der Waals surface area contributed by atoms with E-state index in [1.165, 1.54) is 19.2 Å². The van der Waals surface area contributed by atoms with E-state index in [2.05, 4.69) is 24.0 Å². The number of aliphatic hydroxyl groups is 1. The van der Waals surface area contributed by atoms with Crippen molar-refractivity contribution in [1.29, 1.82) is 5.41 Å². The van der Waals surface area contributed by atoms with E-state index in [-0.39, 0.29) is 12.0 Å². The first-order chi connectivity index (χ1) is 12.7. The number of rotatable bonds is 10. The highest BCUT2D eigenvalue weighted by Crippen LogP contribution is 2.30. The van der Waals surface area contributed by atoms with Crippen molar-refractivity contribution in [3.63, 3.8) is 0 Å². The number of aliphatic hydroxyl groups excluding tert-OH is 1. The highest BCUT2D eigenvalue weighted by molar-refractivity contribution is 5.52. The van der Waals surface area contributed by atoms with Crippen molar-refractivity contribution >= 4 is 6.34 Å². The number of nitrogens with zero attached hydrogens (tertiary/aromatic N) is 1. The van der Waals surface area contributed by atoms with Gasteiger partial charge in [0, 0.05) is 32.0 Å². The molecule has 0 amide bonds. The van der Waals surface area contributed by atoms with Gasteiger partial charge in [-0.05, 0) is 43.1 Å². The molecule has 3 rings (SSSR count). The van der Waals surface area contributed by atoms with E-state index >= 15 is 0 Å². The third kappa shape index (κ3) is 5.08. The fourth-order valence-electron chi connectivity index (χ4n) is 3.71. The molecule has 1 heterocycles. The van der Waals surface area contributed by atoms with Crippen LogP contribution in [0.1, 0.15) is 31.2 Å². The van der Waals surface area contributed by atoms with E-state index in [1.54, 1.807) is 0 Å². The maximum atomic E-state index is 11.1. The molecule has 2 fully saturated rings. The molecule has 26 heavy (non-hydrogen) atoms. The molecule has 2 atom stereocenters. The maximum absolute atomic E-state index is 11.1. The lowest BCUT2D eigenvalue weighted by Gasteiger charge is -2.41. The molecule has 0 radical (unpaired) electrons. The van der Waals surface area contributed by atoms with Gasteiger partial charge >= 0.3 is 0 Å². The topological polar surface area (TPSA) is 68.6 Å². The van der Waals surface area contributed by atoms with Gasteiger partial charge in [0.2, 0.25) is 0 Å². The summed E-state index contributed by atoms with van der Waals surface area (Å²) in [7, 11) is 0. The van der Waals surface area contributed by atoms with Crippen LogP contribution in [0.3, 0.4) is 0 Å². The number of hydrogen-bond donors (Lipinski definition) is 3. The maximum Gasteiger partial charge on any atom is 0.113 e. The predicted molar refractivity (Wildman–Crippen MR) is 104 cm³/mol. The monoisotopic (exact) mass is 357 g/mol. The zero-order valence-corrected chi connectivity index (χ0v) is 15.4. The zero-order chi connectivity index (χ0) is 18.4. The molecule has 1 aliphatic carbocycles. The Bertz CT molecular complexity index is 582. The molecule has 0 bridgehead atoms. The first-order valence-electron chi connectivity index (χ1n) is 9.67. The van der Waals surface area contributed by atoms with Crippen molar-refractivity contribution in [3.8, 4) is 0 Å². The van der Waals surface area contributed by atoms with Crippen LogP contribution >= 0.6 is 0 Å². The van der Waals surface area contributed by atoms with Crippen LogP contribution in [-0.2, 0) is 11.3 Å². The Hall–Kier alpha value is -1.85. The third-order valence-corrected chi connectivity index (χ3v) is 5.50. The summed E-state index contributed by atoms with van der Waals surface area (Å²) in [4.78, 5) is 1.96. The van der Waals surface area contributed by atoms with Crippen LogP contribution in [0.15, 0.2) is 42.6 Å². The van der Waals surface area contributed by atoms with Gasteiger partial charge in [-0.3, -0.25) is 5.41 Å². The van der Waals surface area contributed by atoms with Crippen LogP contribution in [0.4, 0.5) is 0 Å². The summed E-state index contributed by atoms with van der Waals surface area (Å²) in [6, 6.07) is 9.96. The summed E-state index contributed by atoms with van der Waals surface area (Å²) in [6.07, 6.45) is 4.99. The van der Waals surface area contributed by atoms with Gasteiger partial charge in [0.05, 0.1) is 12.4 Å². The molecule has 1 aromatic carbocycles. The van der Waals surface area contributed by atoms with Gasteiger partial charge in [0.1, 0.15) is 6.10 Å². The fourth-order valence-corrected chi connectivity index (χ4v) is 3.71. The van der Waals surface area contributed by atoms with Crippen molar-refractivity contribution in [3.05, 3.63) is 48.2 Å². The molecule has 2 aliphatic rings. The van der Waals surface area contributed by atoms with Crippen LogP contribution in [0.25, 0.3) is 0 Å². The largest absolute Gasteiger partial charge is 0.386 e. The molecule has 3 N–H and O–H groups in total. The van der Waals surface area contributed by atoms with Gasteiger partial charge in [0.15, 0.2) is 0 Å². The molecule has 0 spiro atoms. The summed E-state index contributed by atoms with van der Waals surface area (Å²) in [5.41, 5.74) is 1.81. The van der Waals surface area contributed by atoms with E-state index in [9.17, 15) is 5.11 Å². The minimum Gasteiger partial charge on any atom is -0.386 e. The van der Waals surface area contributed by atoms with Gasteiger partial charge < -0.3 is 20.1 Å². The van der Waals surface area contributed by atoms with Crippen LogP contribution in [0, 0.1) is 17.2 Å². The first kappa shape index (κ1) is 18.9. The van der Waals surface area contributed by atoms with Crippen LogP contribution in [0.2, 0.25) is 0 Å². The van der Waals surface area contributed by atoms with Crippen molar-refractivity contribution in [2.45, 2.75) is 44.4 Å². The second-order valence-corrected chi connectivity index (χ2v) is 7.52. The lowest BCUT2D eigenvalue weighted by Crippen LogP contribution is -2.51. The minimum absolute atomic E-state index is 0.171. The normalized spacial score (nSPS) is 20.2. The molecular formula is C21H31N3O2. The first-order valence-corrected chi connectivity index (χ1v) is 9.67.